The molecule has 68 valence electrons. The normalized spacial score (nSPS) is 10.6. The Bertz CT molecular complexity index is 342. The minimum Gasteiger partial charge on any atom is -0.508 e. The number of nitrogens with zero attached hydrogens (tertiary/aromatic N) is 1. The first kappa shape index (κ1) is 9.35. The molecule has 0 saturated carbocycles. The first-order valence-electron chi connectivity index (χ1n) is 3.32. The molecule has 0 saturated heterocycles. The van der Waals surface area contributed by atoms with Crippen LogP contribution >= 0.6 is 0 Å². The Kier molecular flexibility index (Phi) is 2.39. The average Bonchev–Trinajstić information content (AvgIpc) is 2.05. The molecule has 0 radical (unpaired) electrons. The molecule has 0 aliphatic carbocycles. The Morgan fingerprint density at radius 2 is 1.85 bits per heavy atom. The fourth-order valence-corrected chi connectivity index (χ4v) is 0.784. The van der Waals surface area contributed by atoms with Crippen molar-refractivity contribution in [3.63, 3.8) is 0 Å². The van der Waals surface area contributed by atoms with E-state index in [4.69, 9.17) is 5.11 Å². The van der Waals surface area contributed by atoms with Gasteiger partial charge in [0.15, 0.2) is 0 Å². The Morgan fingerprint density at radius 1 is 1.31 bits per heavy atom. The van der Waals surface area contributed by atoms with Gasteiger partial charge < -0.3 is 5.11 Å². The summed E-state index contributed by atoms with van der Waals surface area (Å²) in [5, 5.41) is 8.80. The quantitative estimate of drug-likeness (QED) is 0.433. The molecule has 0 fully saturated rings. The van der Waals surface area contributed by atoms with Gasteiger partial charge in [-0.3, -0.25) is 0 Å². The van der Waals surface area contributed by atoms with E-state index in [1.165, 1.54) is 0 Å². The van der Waals surface area contributed by atoms with Gasteiger partial charge in [0.05, 0.1) is 0 Å². The van der Waals surface area contributed by atoms with Crippen LogP contribution in [0.5, 0.6) is 5.75 Å². The van der Waals surface area contributed by atoms with E-state index in [0.717, 1.165) is 30.3 Å². The third-order valence-electron chi connectivity index (χ3n) is 1.40. The van der Waals surface area contributed by atoms with Crippen LogP contribution in [0.25, 0.3) is 0 Å². The number of halogens is 2. The van der Waals surface area contributed by atoms with Crippen molar-refractivity contribution in [3.05, 3.63) is 29.8 Å². The number of aliphatic imine (C=N–C) groups is 1. The lowest BCUT2D eigenvalue weighted by Gasteiger charge is -2.08. The first-order chi connectivity index (χ1) is 6.06. The Hall–Kier alpha value is -1.74. The molecule has 3 nitrogen and oxygen atoms in total. The summed E-state index contributed by atoms with van der Waals surface area (Å²) in [7, 11) is 0. The van der Waals surface area contributed by atoms with Gasteiger partial charge in [-0.2, -0.15) is 8.78 Å². The topological polar surface area (TPSA) is 49.7 Å². The van der Waals surface area contributed by atoms with E-state index < -0.39 is 11.6 Å². The zero-order valence-electron chi connectivity index (χ0n) is 6.37. The zero-order valence-corrected chi connectivity index (χ0v) is 6.37. The monoisotopic (exact) mass is 185 g/mol. The molecule has 0 atom stereocenters. The average molecular weight is 185 g/mol. The Morgan fingerprint density at radius 3 is 2.31 bits per heavy atom. The van der Waals surface area contributed by atoms with Gasteiger partial charge in [0, 0.05) is 5.56 Å². The molecule has 0 aliphatic rings. The van der Waals surface area contributed by atoms with Crippen LogP contribution in [-0.4, -0.2) is 11.2 Å². The molecule has 5 heteroatoms. The summed E-state index contributed by atoms with van der Waals surface area (Å²) in [4.78, 5) is 12.0. The predicted molar refractivity (Wildman–Crippen MR) is 40.1 cm³/mol. The van der Waals surface area contributed by atoms with Crippen LogP contribution in [0.3, 0.4) is 0 Å². The largest absolute Gasteiger partial charge is 0.508 e. The molecule has 0 spiro atoms. The van der Waals surface area contributed by atoms with E-state index in [0.29, 0.717) is 0 Å². The minimum absolute atomic E-state index is 0.130. The number of benzene rings is 1. The number of phenols is 1. The number of phenolic OH excluding ortho intramolecular Hbond substituents is 1. The molecular formula is C8H5F2NO2. The summed E-state index contributed by atoms with van der Waals surface area (Å²) in [6, 6.07) is 0.564. The standard InChI is InChI=1S/C8H5F2NO2/c9-8(10,11-5-12)6-1-3-7(13)4-2-6/h1-4,13H. The van der Waals surface area contributed by atoms with Crippen LogP contribution in [0.4, 0.5) is 8.78 Å². The third-order valence-corrected chi connectivity index (χ3v) is 1.40. The van der Waals surface area contributed by atoms with Crippen molar-refractivity contribution in [2.45, 2.75) is 6.05 Å². The van der Waals surface area contributed by atoms with Gasteiger partial charge in [-0.1, -0.05) is 0 Å². The van der Waals surface area contributed by atoms with E-state index in [9.17, 15) is 13.6 Å². The molecule has 13 heavy (non-hydrogen) atoms. The van der Waals surface area contributed by atoms with Crippen molar-refractivity contribution in [2.75, 3.05) is 0 Å². The molecule has 0 bridgehead atoms. The molecule has 0 heterocycles. The van der Waals surface area contributed by atoms with Crippen LogP contribution in [0, 0.1) is 0 Å². The van der Waals surface area contributed by atoms with Crippen molar-refractivity contribution in [3.8, 4) is 5.75 Å². The van der Waals surface area contributed by atoms with Crippen molar-refractivity contribution < 1.29 is 18.7 Å². The van der Waals surface area contributed by atoms with Gasteiger partial charge in [-0.25, -0.2) is 4.79 Å². The third kappa shape index (κ3) is 2.10. The van der Waals surface area contributed by atoms with E-state index in [2.05, 4.69) is 4.99 Å². The van der Waals surface area contributed by atoms with Crippen molar-refractivity contribution in [1.82, 2.24) is 0 Å². The molecule has 1 aromatic rings. The molecule has 1 rings (SSSR count). The van der Waals surface area contributed by atoms with Gasteiger partial charge >= 0.3 is 6.05 Å². The number of aromatic hydroxyl groups is 1. The predicted octanol–water partition coefficient (Wildman–Crippen LogP) is 1.78. The summed E-state index contributed by atoms with van der Waals surface area (Å²) in [5.41, 5.74) is -0.464. The van der Waals surface area contributed by atoms with Gasteiger partial charge in [0.2, 0.25) is 6.08 Å². The van der Waals surface area contributed by atoms with Crippen LogP contribution < -0.4 is 0 Å². The molecule has 0 amide bonds. The van der Waals surface area contributed by atoms with Gasteiger partial charge in [-0.05, 0) is 24.3 Å². The molecular weight excluding hydrogens is 180 g/mol. The first-order valence-corrected chi connectivity index (χ1v) is 3.32. The number of rotatable bonds is 2. The maximum atomic E-state index is 12.8. The summed E-state index contributed by atoms with van der Waals surface area (Å²) in [6.07, 6.45) is 0.784. The van der Waals surface area contributed by atoms with E-state index in [1.807, 2.05) is 0 Å². The summed E-state index contributed by atoms with van der Waals surface area (Å²) >= 11 is 0. The molecule has 0 aliphatic heterocycles. The highest BCUT2D eigenvalue weighted by atomic mass is 19.3. The highest BCUT2D eigenvalue weighted by molar-refractivity contribution is 5.36. The molecule has 0 aromatic heterocycles. The fourth-order valence-electron chi connectivity index (χ4n) is 0.784. The van der Waals surface area contributed by atoms with Crippen molar-refractivity contribution >= 4 is 6.08 Å². The van der Waals surface area contributed by atoms with E-state index in [1.54, 1.807) is 0 Å². The fraction of sp³-hybridized carbons (Fsp3) is 0.125. The maximum Gasteiger partial charge on any atom is 0.379 e. The lowest BCUT2D eigenvalue weighted by atomic mass is 10.2. The second kappa shape index (κ2) is 3.33. The van der Waals surface area contributed by atoms with Crippen LogP contribution in [0.2, 0.25) is 0 Å². The zero-order chi connectivity index (χ0) is 9.90. The number of carbonyl (C=O) groups excluding carboxylic acids is 1. The molecule has 0 unspecified atom stereocenters. The second-order valence-electron chi connectivity index (χ2n) is 2.29. The highest BCUT2D eigenvalue weighted by Crippen LogP contribution is 2.29. The van der Waals surface area contributed by atoms with Gasteiger partial charge in [0.25, 0.3) is 0 Å². The Labute approximate surface area is 72.3 Å². The van der Waals surface area contributed by atoms with E-state index >= 15 is 0 Å². The smallest absolute Gasteiger partial charge is 0.379 e. The number of isocyanates is 1. The number of alkyl halides is 2. The second-order valence-corrected chi connectivity index (χ2v) is 2.29. The van der Waals surface area contributed by atoms with Crippen LogP contribution in [0.1, 0.15) is 5.56 Å². The van der Waals surface area contributed by atoms with Crippen LogP contribution in [0.15, 0.2) is 29.3 Å². The summed E-state index contributed by atoms with van der Waals surface area (Å²) in [6.45, 7) is 0. The molecule has 1 N–H and O–H groups in total. The minimum atomic E-state index is -3.57. The number of hydrogen-bond donors (Lipinski definition) is 1. The SMILES string of the molecule is O=C=NC(F)(F)c1ccc(O)cc1. The van der Waals surface area contributed by atoms with E-state index in [-0.39, 0.29) is 5.75 Å². The van der Waals surface area contributed by atoms with Crippen LogP contribution in [-0.2, 0) is 10.8 Å². The summed E-state index contributed by atoms with van der Waals surface area (Å²) < 4.78 is 25.6. The van der Waals surface area contributed by atoms with Gasteiger partial charge in [-0.15, -0.1) is 4.99 Å². The lowest BCUT2D eigenvalue weighted by Crippen LogP contribution is -2.08. The lowest BCUT2D eigenvalue weighted by molar-refractivity contribution is 0.00615. The number of hydrogen-bond acceptors (Lipinski definition) is 3. The highest BCUT2D eigenvalue weighted by Gasteiger charge is 2.30. The van der Waals surface area contributed by atoms with Crippen molar-refractivity contribution in [2.24, 2.45) is 4.99 Å². The maximum absolute atomic E-state index is 12.8. The molecule has 1 aromatic carbocycles. The van der Waals surface area contributed by atoms with Crippen molar-refractivity contribution in [1.29, 1.82) is 0 Å². The van der Waals surface area contributed by atoms with Gasteiger partial charge in [0.1, 0.15) is 5.75 Å². The Balaban J connectivity index is 3.07. The summed E-state index contributed by atoms with van der Waals surface area (Å²) in [5.74, 6) is -0.130.